The van der Waals surface area contributed by atoms with Crippen molar-refractivity contribution in [3.05, 3.63) is 34.9 Å². The molecule has 0 bridgehead atoms. The fourth-order valence-corrected chi connectivity index (χ4v) is 6.25. The molecule has 3 aliphatic rings. The third-order valence-electron chi connectivity index (χ3n) is 9.24. The van der Waals surface area contributed by atoms with Gasteiger partial charge in [0, 0.05) is 23.5 Å². The number of carbonyl (C=O) groups excluding carboxylic acids is 6. The van der Waals surface area contributed by atoms with Gasteiger partial charge in [0.05, 0.1) is 11.5 Å². The highest BCUT2D eigenvalue weighted by atomic mass is 35.5. The fraction of sp³-hybridized carbons (Fsp3) is 0.636. The van der Waals surface area contributed by atoms with Crippen molar-refractivity contribution in [1.29, 1.82) is 0 Å². The van der Waals surface area contributed by atoms with E-state index >= 15 is 0 Å². The van der Waals surface area contributed by atoms with E-state index in [1.54, 1.807) is 38.1 Å². The molecule has 2 aliphatic carbocycles. The summed E-state index contributed by atoms with van der Waals surface area (Å²) >= 11 is 6.05. The van der Waals surface area contributed by atoms with E-state index in [4.69, 9.17) is 11.6 Å². The summed E-state index contributed by atoms with van der Waals surface area (Å²) < 4.78 is 0. The van der Waals surface area contributed by atoms with Gasteiger partial charge in [0.1, 0.15) is 12.1 Å². The third-order valence-corrected chi connectivity index (χ3v) is 9.49. The highest BCUT2D eigenvalue weighted by Gasteiger charge is 2.40. The molecule has 1 aromatic rings. The zero-order valence-electron chi connectivity index (χ0n) is 26.4. The van der Waals surface area contributed by atoms with E-state index in [1.807, 2.05) is 6.92 Å². The van der Waals surface area contributed by atoms with Crippen LogP contribution in [0.3, 0.4) is 0 Å². The molecule has 0 spiro atoms. The van der Waals surface area contributed by atoms with E-state index in [1.165, 1.54) is 0 Å². The first-order chi connectivity index (χ1) is 21.4. The number of hydrogen-bond donors (Lipinski definition) is 5. The molecule has 11 nitrogen and oxygen atoms in total. The first kappa shape index (κ1) is 34.4. The Hall–Kier alpha value is -3.47. The molecule has 1 aromatic carbocycles. The number of carbonyl (C=O) groups is 6. The summed E-state index contributed by atoms with van der Waals surface area (Å²) in [6, 6.07) is 3.87. The van der Waals surface area contributed by atoms with Crippen LogP contribution in [0.5, 0.6) is 0 Å². The summed E-state index contributed by atoms with van der Waals surface area (Å²) in [6.07, 6.45) is 6.29. The smallest absolute Gasteiger partial charge is 0.289 e. The minimum atomic E-state index is -1.22. The van der Waals surface area contributed by atoms with E-state index < -0.39 is 53.0 Å². The van der Waals surface area contributed by atoms with Crippen molar-refractivity contribution in [1.82, 2.24) is 26.6 Å². The van der Waals surface area contributed by atoms with Gasteiger partial charge in [-0.2, -0.15) is 0 Å². The molecule has 3 fully saturated rings. The molecule has 1 aliphatic heterocycles. The van der Waals surface area contributed by atoms with E-state index in [0.29, 0.717) is 24.4 Å². The van der Waals surface area contributed by atoms with Gasteiger partial charge in [0.2, 0.25) is 29.4 Å². The molecule has 0 aromatic heterocycles. The summed E-state index contributed by atoms with van der Waals surface area (Å²) in [5, 5.41) is 14.5. The van der Waals surface area contributed by atoms with Gasteiger partial charge in [0.15, 0.2) is 0 Å². The molecular weight excluding hydrogens is 598 g/mol. The van der Waals surface area contributed by atoms with Crippen molar-refractivity contribution >= 4 is 46.9 Å². The van der Waals surface area contributed by atoms with E-state index in [-0.39, 0.29) is 36.6 Å². The van der Waals surface area contributed by atoms with Crippen molar-refractivity contribution in [2.24, 2.45) is 11.8 Å². The van der Waals surface area contributed by atoms with Crippen LogP contribution in [-0.4, -0.2) is 66.0 Å². The number of hydrogen-bond acceptors (Lipinski definition) is 6. The zero-order valence-corrected chi connectivity index (χ0v) is 27.1. The van der Waals surface area contributed by atoms with E-state index in [0.717, 1.165) is 44.1 Å². The molecule has 246 valence electrons. The number of amides is 5. The van der Waals surface area contributed by atoms with Gasteiger partial charge in [-0.15, -0.1) is 0 Å². The molecule has 5 N–H and O–H groups in total. The Labute approximate surface area is 269 Å². The number of ketones is 1. The maximum absolute atomic E-state index is 13.8. The lowest BCUT2D eigenvalue weighted by Crippen LogP contribution is -2.59. The maximum Gasteiger partial charge on any atom is 0.289 e. The lowest BCUT2D eigenvalue weighted by atomic mass is 9.83. The minimum absolute atomic E-state index is 0.0121. The van der Waals surface area contributed by atoms with Crippen LogP contribution < -0.4 is 26.6 Å². The van der Waals surface area contributed by atoms with Gasteiger partial charge in [-0.05, 0) is 82.4 Å². The Morgan fingerprint density at radius 3 is 2.13 bits per heavy atom. The summed E-state index contributed by atoms with van der Waals surface area (Å²) in [7, 11) is 0. The molecule has 0 unspecified atom stereocenters. The third kappa shape index (κ3) is 9.05. The van der Waals surface area contributed by atoms with Crippen LogP contribution >= 0.6 is 11.6 Å². The molecule has 2 saturated carbocycles. The predicted octanol–water partition coefficient (Wildman–Crippen LogP) is 2.44. The molecule has 45 heavy (non-hydrogen) atoms. The number of rotatable bonds is 15. The molecular formula is C33H46ClN5O6. The number of nitrogens with one attached hydrogen (secondary N) is 5. The van der Waals surface area contributed by atoms with Gasteiger partial charge < -0.3 is 26.6 Å². The second-order valence-corrected chi connectivity index (χ2v) is 13.6. The lowest BCUT2D eigenvalue weighted by Gasteiger charge is -2.31. The van der Waals surface area contributed by atoms with Gasteiger partial charge in [-0.25, -0.2) is 0 Å². The highest BCUT2D eigenvalue weighted by molar-refractivity contribution is 6.38. The molecule has 1 heterocycles. The van der Waals surface area contributed by atoms with Crippen molar-refractivity contribution in [2.75, 3.05) is 6.54 Å². The first-order valence-corrected chi connectivity index (χ1v) is 16.6. The van der Waals surface area contributed by atoms with Gasteiger partial charge >= 0.3 is 0 Å². The normalized spacial score (nSPS) is 20.4. The highest BCUT2D eigenvalue weighted by Crippen LogP contribution is 2.30. The largest absolute Gasteiger partial charge is 0.356 e. The van der Waals surface area contributed by atoms with Gasteiger partial charge in [0.25, 0.3) is 5.91 Å². The Morgan fingerprint density at radius 2 is 1.56 bits per heavy atom. The Balaban J connectivity index is 1.48. The van der Waals surface area contributed by atoms with Crippen molar-refractivity contribution in [3.8, 4) is 0 Å². The second-order valence-electron chi connectivity index (χ2n) is 13.2. The van der Waals surface area contributed by atoms with Crippen LogP contribution in [0.2, 0.25) is 5.02 Å². The minimum Gasteiger partial charge on any atom is -0.356 e. The number of Topliss-reactive ketones (excluding diaryl/α,β-unsaturated/α-hetero) is 1. The molecule has 12 heteroatoms. The maximum atomic E-state index is 13.8. The Kier molecular flexibility index (Phi) is 11.6. The van der Waals surface area contributed by atoms with Crippen LogP contribution in [0.25, 0.3) is 0 Å². The Morgan fingerprint density at radius 1 is 0.911 bits per heavy atom. The van der Waals surface area contributed by atoms with Crippen LogP contribution in [0, 0.1) is 11.8 Å². The molecule has 1 saturated heterocycles. The SMILES string of the molecule is CCC[C@H](NC(=O)[C@H](NC(=O)C(C)(C)c1ccc(Cl)cc1)C1CCCC1)C(=O)N[C@@H](C[C@@H]1CCNC1=O)C(=O)C(=O)NC1CC1. The average molecular weight is 644 g/mol. The number of benzene rings is 1. The first-order valence-electron chi connectivity index (χ1n) is 16.2. The van der Waals surface area contributed by atoms with Crippen molar-refractivity contribution in [3.63, 3.8) is 0 Å². The predicted molar refractivity (Wildman–Crippen MR) is 169 cm³/mol. The van der Waals surface area contributed by atoms with Crippen molar-refractivity contribution < 1.29 is 28.8 Å². The summed E-state index contributed by atoms with van der Waals surface area (Å²) in [5.41, 5.74) is -0.209. The standard InChI is InChI=1S/C33H46ClN5O6/c1-4-7-24(29(42)38-25(18-20-16-17-35-28(20)41)27(40)31(44)36-23-14-15-23)37-30(43)26(19-8-5-6-9-19)39-32(45)33(2,3)21-10-12-22(34)13-11-21/h10-13,19-20,23-26H,4-9,14-18H2,1-3H3,(H,35,41)(H,36,44)(H,37,43)(H,38,42)(H,39,45)/t20-,24-,25-,26+/m0/s1. The zero-order chi connectivity index (χ0) is 32.7. The topological polar surface area (TPSA) is 163 Å². The van der Waals surface area contributed by atoms with Crippen LogP contribution in [0.1, 0.15) is 90.5 Å². The lowest BCUT2D eigenvalue weighted by molar-refractivity contribution is -0.141. The Bertz CT molecular complexity index is 1270. The fourth-order valence-electron chi connectivity index (χ4n) is 6.13. The molecule has 5 amide bonds. The van der Waals surface area contributed by atoms with Gasteiger partial charge in [-0.3, -0.25) is 28.8 Å². The number of halogens is 1. The second kappa shape index (κ2) is 15.2. The molecule has 0 radical (unpaired) electrons. The average Bonchev–Trinajstić information content (AvgIpc) is 3.47. The summed E-state index contributed by atoms with van der Waals surface area (Å²) in [6.45, 7) is 5.89. The van der Waals surface area contributed by atoms with Crippen LogP contribution in [0.4, 0.5) is 0 Å². The summed E-state index contributed by atoms with van der Waals surface area (Å²) in [4.78, 5) is 79.2. The van der Waals surface area contributed by atoms with Crippen LogP contribution in [0.15, 0.2) is 24.3 Å². The summed E-state index contributed by atoms with van der Waals surface area (Å²) in [5.74, 6) is -3.84. The van der Waals surface area contributed by atoms with E-state index in [9.17, 15) is 28.8 Å². The quantitative estimate of drug-likeness (QED) is 0.184. The van der Waals surface area contributed by atoms with Crippen LogP contribution in [-0.2, 0) is 34.2 Å². The van der Waals surface area contributed by atoms with Crippen molar-refractivity contribution in [2.45, 2.75) is 115 Å². The molecule has 4 rings (SSSR count). The van der Waals surface area contributed by atoms with Gasteiger partial charge in [-0.1, -0.05) is 49.9 Å². The molecule has 4 atom stereocenters. The van der Waals surface area contributed by atoms with E-state index in [2.05, 4.69) is 26.6 Å². The monoisotopic (exact) mass is 643 g/mol.